The van der Waals surface area contributed by atoms with Crippen LogP contribution in [-0.4, -0.2) is 22.6 Å². The average Bonchev–Trinajstić information content (AvgIpc) is 2.90. The van der Waals surface area contributed by atoms with E-state index in [0.29, 0.717) is 5.92 Å². The van der Waals surface area contributed by atoms with Gasteiger partial charge in [0, 0.05) is 24.4 Å². The van der Waals surface area contributed by atoms with Gasteiger partial charge >= 0.3 is 5.97 Å². The van der Waals surface area contributed by atoms with Crippen molar-refractivity contribution in [2.45, 2.75) is 57.4 Å². The van der Waals surface area contributed by atoms with Crippen LogP contribution in [0.2, 0.25) is 0 Å². The standard InChI is InChI=1S/C15H22N2O2/c1-19-15(18)12-7-8-13-9-16-14(17(13)10-12)11-5-3-2-4-6-11/h9,11-12H,2-8,10H2,1H3. The van der Waals surface area contributed by atoms with Crippen molar-refractivity contribution < 1.29 is 9.53 Å². The number of carbonyl (C=O) groups is 1. The van der Waals surface area contributed by atoms with Crippen molar-refractivity contribution in [3.8, 4) is 0 Å². The molecule has 0 aromatic carbocycles. The SMILES string of the molecule is COC(=O)C1CCc2cnc(C3CCCCC3)n2C1. The maximum atomic E-state index is 11.7. The zero-order valence-corrected chi connectivity index (χ0v) is 11.6. The highest BCUT2D eigenvalue weighted by atomic mass is 16.5. The van der Waals surface area contributed by atoms with Crippen LogP contribution in [0.25, 0.3) is 0 Å². The molecule has 1 aromatic rings. The van der Waals surface area contributed by atoms with E-state index < -0.39 is 0 Å². The number of ether oxygens (including phenoxy) is 1. The summed E-state index contributed by atoms with van der Waals surface area (Å²) < 4.78 is 7.19. The van der Waals surface area contributed by atoms with Crippen LogP contribution in [0.15, 0.2) is 6.20 Å². The Balaban J connectivity index is 1.81. The lowest BCUT2D eigenvalue weighted by Crippen LogP contribution is -2.29. The van der Waals surface area contributed by atoms with Crippen LogP contribution < -0.4 is 0 Å². The van der Waals surface area contributed by atoms with Crippen LogP contribution in [0, 0.1) is 5.92 Å². The van der Waals surface area contributed by atoms with Crippen LogP contribution in [0.3, 0.4) is 0 Å². The van der Waals surface area contributed by atoms with E-state index in [4.69, 9.17) is 4.74 Å². The molecule has 0 radical (unpaired) electrons. The van der Waals surface area contributed by atoms with Gasteiger partial charge in [-0.1, -0.05) is 19.3 Å². The van der Waals surface area contributed by atoms with E-state index in [2.05, 4.69) is 9.55 Å². The van der Waals surface area contributed by atoms with E-state index in [1.54, 1.807) is 0 Å². The fourth-order valence-corrected chi connectivity index (χ4v) is 3.52. The molecule has 4 heteroatoms. The maximum Gasteiger partial charge on any atom is 0.310 e. The second-order valence-corrected chi connectivity index (χ2v) is 5.81. The summed E-state index contributed by atoms with van der Waals surface area (Å²) in [6, 6.07) is 0. The topological polar surface area (TPSA) is 44.1 Å². The van der Waals surface area contributed by atoms with Crippen molar-refractivity contribution in [2.24, 2.45) is 5.92 Å². The van der Waals surface area contributed by atoms with Gasteiger partial charge in [0.2, 0.25) is 0 Å². The van der Waals surface area contributed by atoms with Crippen LogP contribution >= 0.6 is 0 Å². The lowest BCUT2D eigenvalue weighted by Gasteiger charge is -2.27. The zero-order valence-electron chi connectivity index (χ0n) is 11.6. The molecule has 0 saturated heterocycles. The molecule has 2 heterocycles. The van der Waals surface area contributed by atoms with Gasteiger partial charge in [-0.15, -0.1) is 0 Å². The minimum Gasteiger partial charge on any atom is -0.469 e. The van der Waals surface area contributed by atoms with Crippen molar-refractivity contribution in [3.63, 3.8) is 0 Å². The number of fused-ring (bicyclic) bond motifs is 1. The summed E-state index contributed by atoms with van der Waals surface area (Å²) in [5, 5.41) is 0. The van der Waals surface area contributed by atoms with Crippen molar-refractivity contribution in [2.75, 3.05) is 7.11 Å². The quantitative estimate of drug-likeness (QED) is 0.770. The molecule has 1 aliphatic carbocycles. The monoisotopic (exact) mass is 262 g/mol. The minimum atomic E-state index is -0.0751. The van der Waals surface area contributed by atoms with Crippen molar-refractivity contribution >= 4 is 5.97 Å². The van der Waals surface area contributed by atoms with Crippen molar-refractivity contribution in [3.05, 3.63) is 17.7 Å². The fraction of sp³-hybridized carbons (Fsp3) is 0.733. The smallest absolute Gasteiger partial charge is 0.310 e. The third kappa shape index (κ3) is 2.40. The van der Waals surface area contributed by atoms with Gasteiger partial charge in [0.1, 0.15) is 5.82 Å². The number of carbonyl (C=O) groups excluding carboxylic acids is 1. The number of hydrogen-bond donors (Lipinski definition) is 0. The molecule has 0 bridgehead atoms. The number of esters is 1. The highest BCUT2D eigenvalue weighted by molar-refractivity contribution is 5.72. The Hall–Kier alpha value is -1.32. The highest BCUT2D eigenvalue weighted by Crippen LogP contribution is 2.34. The molecule has 19 heavy (non-hydrogen) atoms. The number of methoxy groups -OCH3 is 1. The molecule has 1 saturated carbocycles. The molecule has 4 nitrogen and oxygen atoms in total. The lowest BCUT2D eigenvalue weighted by molar-refractivity contribution is -0.146. The predicted molar refractivity (Wildman–Crippen MR) is 71.9 cm³/mol. The normalized spacial score (nSPS) is 23.9. The number of aromatic nitrogens is 2. The largest absolute Gasteiger partial charge is 0.469 e. The van der Waals surface area contributed by atoms with E-state index >= 15 is 0 Å². The second-order valence-electron chi connectivity index (χ2n) is 5.81. The van der Waals surface area contributed by atoms with Crippen molar-refractivity contribution in [1.29, 1.82) is 0 Å². The Morgan fingerprint density at radius 3 is 2.84 bits per heavy atom. The fourth-order valence-electron chi connectivity index (χ4n) is 3.52. The molecular weight excluding hydrogens is 240 g/mol. The lowest BCUT2D eigenvalue weighted by atomic mass is 9.88. The zero-order chi connectivity index (χ0) is 13.2. The molecule has 0 amide bonds. The van der Waals surface area contributed by atoms with E-state index in [1.807, 2.05) is 6.20 Å². The van der Waals surface area contributed by atoms with Crippen LogP contribution in [0.5, 0.6) is 0 Å². The van der Waals surface area contributed by atoms with Gasteiger partial charge in [-0.05, 0) is 25.7 Å². The van der Waals surface area contributed by atoms with Gasteiger partial charge in [0.05, 0.1) is 13.0 Å². The van der Waals surface area contributed by atoms with Crippen LogP contribution in [0.1, 0.15) is 56.0 Å². The molecule has 3 rings (SSSR count). The Bertz CT molecular complexity index is 461. The Kier molecular flexibility index (Phi) is 3.58. The summed E-state index contributed by atoms with van der Waals surface area (Å²) in [6.07, 6.45) is 10.3. The summed E-state index contributed by atoms with van der Waals surface area (Å²) in [4.78, 5) is 16.4. The van der Waals surface area contributed by atoms with E-state index in [1.165, 1.54) is 50.7 Å². The second kappa shape index (κ2) is 5.35. The third-order valence-electron chi connectivity index (χ3n) is 4.63. The summed E-state index contributed by atoms with van der Waals surface area (Å²) >= 11 is 0. The number of hydrogen-bond acceptors (Lipinski definition) is 3. The first-order chi connectivity index (χ1) is 9.29. The van der Waals surface area contributed by atoms with Crippen molar-refractivity contribution in [1.82, 2.24) is 9.55 Å². The summed E-state index contributed by atoms with van der Waals surface area (Å²) in [6.45, 7) is 0.758. The Morgan fingerprint density at radius 2 is 2.11 bits per heavy atom. The van der Waals surface area contributed by atoms with Crippen LogP contribution in [0.4, 0.5) is 0 Å². The van der Waals surface area contributed by atoms with Gasteiger partial charge in [-0.25, -0.2) is 4.98 Å². The highest BCUT2D eigenvalue weighted by Gasteiger charge is 2.29. The number of imidazole rings is 1. The third-order valence-corrected chi connectivity index (χ3v) is 4.63. The summed E-state index contributed by atoms with van der Waals surface area (Å²) in [7, 11) is 1.48. The predicted octanol–water partition coefficient (Wildman–Crippen LogP) is 2.67. The van der Waals surface area contributed by atoms with Gasteiger partial charge in [-0.3, -0.25) is 4.79 Å². The Morgan fingerprint density at radius 1 is 1.32 bits per heavy atom. The number of rotatable bonds is 2. The van der Waals surface area contributed by atoms with Gasteiger partial charge in [-0.2, -0.15) is 0 Å². The first-order valence-corrected chi connectivity index (χ1v) is 7.41. The Labute approximate surface area is 114 Å². The minimum absolute atomic E-state index is 0.00837. The first kappa shape index (κ1) is 12.7. The molecule has 1 aliphatic heterocycles. The molecule has 2 aliphatic rings. The maximum absolute atomic E-state index is 11.7. The van der Waals surface area contributed by atoms with Gasteiger partial charge < -0.3 is 9.30 Å². The molecule has 1 aromatic heterocycles. The summed E-state index contributed by atoms with van der Waals surface area (Å²) in [5.74, 6) is 1.74. The first-order valence-electron chi connectivity index (χ1n) is 7.41. The molecule has 1 unspecified atom stereocenters. The molecule has 1 atom stereocenters. The molecule has 104 valence electrons. The molecule has 0 spiro atoms. The van der Waals surface area contributed by atoms with Gasteiger partial charge in [0.15, 0.2) is 0 Å². The van der Waals surface area contributed by atoms with E-state index in [0.717, 1.165) is 19.4 Å². The molecular formula is C15H22N2O2. The molecule has 0 N–H and O–H groups in total. The van der Waals surface area contributed by atoms with E-state index in [-0.39, 0.29) is 11.9 Å². The number of nitrogens with zero attached hydrogens (tertiary/aromatic N) is 2. The van der Waals surface area contributed by atoms with E-state index in [9.17, 15) is 4.79 Å². The summed E-state index contributed by atoms with van der Waals surface area (Å²) in [5.41, 5.74) is 1.29. The van der Waals surface area contributed by atoms with Crippen LogP contribution in [-0.2, 0) is 22.5 Å². The number of aryl methyl sites for hydroxylation is 1. The average molecular weight is 262 g/mol. The van der Waals surface area contributed by atoms with Gasteiger partial charge in [0.25, 0.3) is 0 Å². The molecule has 1 fully saturated rings.